The van der Waals surface area contributed by atoms with Gasteiger partial charge in [0.05, 0.1) is 0 Å². The summed E-state index contributed by atoms with van der Waals surface area (Å²) in [7, 11) is 0. The molecule has 0 amide bonds. The van der Waals surface area contributed by atoms with Crippen LogP contribution in [0.15, 0.2) is 0 Å². The standard InChI is InChI=1S/C12H24N2S/c1-4-10(3)13-12(15)14-11-8-6-5-7-9(11)2/h9-11H,4-8H2,1-3H3,(H2,13,14,15)/t9-,10+,11-/m1/s1. The third kappa shape index (κ3) is 4.37. The molecule has 1 rings (SSSR count). The van der Waals surface area contributed by atoms with Crippen molar-refractivity contribution in [3.8, 4) is 0 Å². The molecular formula is C12H24N2S. The molecule has 0 spiro atoms. The van der Waals surface area contributed by atoms with Gasteiger partial charge in [-0.3, -0.25) is 0 Å². The molecule has 0 unspecified atom stereocenters. The maximum Gasteiger partial charge on any atom is 0.166 e. The van der Waals surface area contributed by atoms with Crippen molar-refractivity contribution in [3.63, 3.8) is 0 Å². The van der Waals surface area contributed by atoms with Crippen LogP contribution in [0.3, 0.4) is 0 Å². The molecule has 1 saturated carbocycles. The lowest BCUT2D eigenvalue weighted by Crippen LogP contribution is -2.48. The smallest absolute Gasteiger partial charge is 0.166 e. The van der Waals surface area contributed by atoms with Gasteiger partial charge in [-0.25, -0.2) is 0 Å². The van der Waals surface area contributed by atoms with Gasteiger partial charge in [0.25, 0.3) is 0 Å². The molecule has 15 heavy (non-hydrogen) atoms. The normalized spacial score (nSPS) is 28.2. The summed E-state index contributed by atoms with van der Waals surface area (Å²) in [5.41, 5.74) is 0. The van der Waals surface area contributed by atoms with Crippen LogP contribution in [0.5, 0.6) is 0 Å². The second kappa shape index (κ2) is 6.31. The van der Waals surface area contributed by atoms with Crippen molar-refractivity contribution in [1.29, 1.82) is 0 Å². The second-order valence-corrected chi connectivity index (χ2v) is 5.20. The SMILES string of the molecule is CC[C@H](C)NC(=S)N[C@@H]1CCCC[C@H]1C. The molecule has 0 bridgehead atoms. The van der Waals surface area contributed by atoms with Gasteiger partial charge >= 0.3 is 0 Å². The Morgan fingerprint density at radius 1 is 1.40 bits per heavy atom. The molecule has 1 aliphatic carbocycles. The van der Waals surface area contributed by atoms with E-state index in [0.29, 0.717) is 12.1 Å². The molecule has 0 aromatic heterocycles. The molecule has 0 radical (unpaired) electrons. The predicted octanol–water partition coefficient (Wildman–Crippen LogP) is 2.83. The summed E-state index contributed by atoms with van der Waals surface area (Å²) >= 11 is 5.31. The van der Waals surface area contributed by atoms with E-state index in [1.165, 1.54) is 25.7 Å². The van der Waals surface area contributed by atoms with Crippen LogP contribution in [-0.4, -0.2) is 17.2 Å². The second-order valence-electron chi connectivity index (χ2n) is 4.80. The molecule has 0 heterocycles. The lowest BCUT2D eigenvalue weighted by molar-refractivity contribution is 0.307. The molecule has 2 N–H and O–H groups in total. The fraction of sp³-hybridized carbons (Fsp3) is 0.917. The summed E-state index contributed by atoms with van der Waals surface area (Å²) < 4.78 is 0. The molecule has 0 aliphatic heterocycles. The average Bonchev–Trinajstić information content (AvgIpc) is 2.21. The predicted molar refractivity (Wildman–Crippen MR) is 70.0 cm³/mol. The van der Waals surface area contributed by atoms with Crippen molar-refractivity contribution in [2.45, 2.75) is 65.0 Å². The molecular weight excluding hydrogens is 204 g/mol. The molecule has 0 aromatic carbocycles. The van der Waals surface area contributed by atoms with Gasteiger partial charge in [0, 0.05) is 12.1 Å². The number of rotatable bonds is 3. The fourth-order valence-electron chi connectivity index (χ4n) is 2.07. The lowest BCUT2D eigenvalue weighted by Gasteiger charge is -2.31. The van der Waals surface area contributed by atoms with E-state index in [-0.39, 0.29) is 0 Å². The molecule has 88 valence electrons. The maximum atomic E-state index is 5.31. The molecule has 1 aliphatic rings. The summed E-state index contributed by atoms with van der Waals surface area (Å²) in [6, 6.07) is 1.06. The molecule has 3 heteroatoms. The first-order valence-corrected chi connectivity index (χ1v) is 6.61. The number of nitrogens with one attached hydrogen (secondary N) is 2. The number of hydrogen-bond acceptors (Lipinski definition) is 1. The largest absolute Gasteiger partial charge is 0.360 e. The highest BCUT2D eigenvalue weighted by molar-refractivity contribution is 7.80. The minimum Gasteiger partial charge on any atom is -0.360 e. The van der Waals surface area contributed by atoms with Gasteiger partial charge < -0.3 is 10.6 Å². The Kier molecular flexibility index (Phi) is 5.37. The fourth-order valence-corrected chi connectivity index (χ4v) is 2.42. The highest BCUT2D eigenvalue weighted by atomic mass is 32.1. The summed E-state index contributed by atoms with van der Waals surface area (Å²) in [5, 5.41) is 7.61. The number of thiocarbonyl (C=S) groups is 1. The minimum atomic E-state index is 0.476. The third-order valence-corrected chi connectivity index (χ3v) is 3.65. The van der Waals surface area contributed by atoms with Crippen LogP contribution in [0.1, 0.15) is 52.9 Å². The van der Waals surface area contributed by atoms with E-state index in [9.17, 15) is 0 Å². The van der Waals surface area contributed by atoms with Gasteiger partial charge in [-0.1, -0.05) is 26.7 Å². The molecule has 3 atom stereocenters. The third-order valence-electron chi connectivity index (χ3n) is 3.42. The minimum absolute atomic E-state index is 0.476. The molecule has 0 aromatic rings. The van der Waals surface area contributed by atoms with Crippen LogP contribution in [0.2, 0.25) is 0 Å². The van der Waals surface area contributed by atoms with Gasteiger partial charge in [-0.2, -0.15) is 0 Å². The average molecular weight is 228 g/mol. The Labute approximate surface area is 99.2 Å². The van der Waals surface area contributed by atoms with Crippen LogP contribution in [-0.2, 0) is 0 Å². The van der Waals surface area contributed by atoms with Crippen LogP contribution in [0.25, 0.3) is 0 Å². The Balaban J connectivity index is 2.29. The van der Waals surface area contributed by atoms with Crippen molar-refractivity contribution in [2.75, 3.05) is 0 Å². The Bertz CT molecular complexity index is 206. The summed E-state index contributed by atoms with van der Waals surface area (Å²) in [4.78, 5) is 0. The zero-order chi connectivity index (χ0) is 11.3. The van der Waals surface area contributed by atoms with E-state index >= 15 is 0 Å². The lowest BCUT2D eigenvalue weighted by atomic mass is 9.86. The molecule has 1 fully saturated rings. The van der Waals surface area contributed by atoms with E-state index in [0.717, 1.165) is 17.5 Å². The highest BCUT2D eigenvalue weighted by Crippen LogP contribution is 2.23. The van der Waals surface area contributed by atoms with Crippen molar-refractivity contribution >= 4 is 17.3 Å². The number of hydrogen-bond donors (Lipinski definition) is 2. The van der Waals surface area contributed by atoms with Crippen LogP contribution in [0.4, 0.5) is 0 Å². The van der Waals surface area contributed by atoms with Gasteiger partial charge in [-0.05, 0) is 44.3 Å². The van der Waals surface area contributed by atoms with Gasteiger partial charge in [0.15, 0.2) is 5.11 Å². The van der Waals surface area contributed by atoms with E-state index in [2.05, 4.69) is 31.4 Å². The zero-order valence-corrected chi connectivity index (χ0v) is 11.0. The monoisotopic (exact) mass is 228 g/mol. The first-order valence-electron chi connectivity index (χ1n) is 6.20. The van der Waals surface area contributed by atoms with Crippen LogP contribution >= 0.6 is 12.2 Å². The van der Waals surface area contributed by atoms with E-state index in [1.54, 1.807) is 0 Å². The summed E-state index contributed by atoms with van der Waals surface area (Å²) in [6.07, 6.45) is 6.44. The van der Waals surface area contributed by atoms with E-state index < -0.39 is 0 Å². The van der Waals surface area contributed by atoms with Crippen molar-refractivity contribution < 1.29 is 0 Å². The van der Waals surface area contributed by atoms with Crippen molar-refractivity contribution in [1.82, 2.24) is 10.6 Å². The van der Waals surface area contributed by atoms with Gasteiger partial charge in [0.2, 0.25) is 0 Å². The Hall–Kier alpha value is -0.310. The summed E-state index contributed by atoms with van der Waals surface area (Å²) in [5.74, 6) is 0.760. The van der Waals surface area contributed by atoms with Gasteiger partial charge in [-0.15, -0.1) is 0 Å². The topological polar surface area (TPSA) is 24.1 Å². The van der Waals surface area contributed by atoms with E-state index in [1.807, 2.05) is 0 Å². The van der Waals surface area contributed by atoms with Gasteiger partial charge in [0.1, 0.15) is 0 Å². The molecule has 0 saturated heterocycles. The summed E-state index contributed by atoms with van der Waals surface area (Å²) in [6.45, 7) is 6.66. The first-order chi connectivity index (χ1) is 7.13. The maximum absolute atomic E-state index is 5.31. The first kappa shape index (κ1) is 12.8. The van der Waals surface area contributed by atoms with Crippen molar-refractivity contribution in [3.05, 3.63) is 0 Å². The van der Waals surface area contributed by atoms with E-state index in [4.69, 9.17) is 12.2 Å². The Morgan fingerprint density at radius 3 is 2.67 bits per heavy atom. The molecule has 2 nitrogen and oxygen atoms in total. The quantitative estimate of drug-likeness (QED) is 0.726. The van der Waals surface area contributed by atoms with Crippen molar-refractivity contribution in [2.24, 2.45) is 5.92 Å². The van der Waals surface area contributed by atoms with Crippen LogP contribution in [0, 0.1) is 5.92 Å². The van der Waals surface area contributed by atoms with Crippen LogP contribution < -0.4 is 10.6 Å². The highest BCUT2D eigenvalue weighted by Gasteiger charge is 2.21. The zero-order valence-electron chi connectivity index (χ0n) is 10.2. The Morgan fingerprint density at radius 2 is 2.07 bits per heavy atom.